The maximum Gasteiger partial charge on any atom is 0.416 e. The van der Waals surface area contributed by atoms with Crippen LogP contribution in [0, 0.1) is 0 Å². The molecule has 0 aliphatic carbocycles. The van der Waals surface area contributed by atoms with Crippen LogP contribution in [0.3, 0.4) is 0 Å². The third kappa shape index (κ3) is 3.81. The number of benzene rings is 1. The lowest BCUT2D eigenvalue weighted by molar-refractivity contribution is -0.138. The summed E-state index contributed by atoms with van der Waals surface area (Å²) < 4.78 is 39.9. The molecule has 1 aromatic heterocycles. The van der Waals surface area contributed by atoms with Gasteiger partial charge in [-0.25, -0.2) is 4.98 Å². The molecule has 3 rings (SSSR count). The molecule has 2 aromatic rings. The van der Waals surface area contributed by atoms with Gasteiger partial charge in [-0.3, -0.25) is 4.79 Å². The quantitative estimate of drug-likeness (QED) is 0.891. The van der Waals surface area contributed by atoms with Crippen LogP contribution >= 0.6 is 0 Å². The number of amides is 1. The number of aromatic nitrogens is 1. The Morgan fingerprint density at radius 1 is 1.27 bits per heavy atom. The van der Waals surface area contributed by atoms with Gasteiger partial charge in [0.25, 0.3) is 5.91 Å². The van der Waals surface area contributed by atoms with Crippen LogP contribution in [0.5, 0.6) is 0 Å². The Morgan fingerprint density at radius 3 is 2.77 bits per heavy atom. The summed E-state index contributed by atoms with van der Waals surface area (Å²) >= 11 is 0. The Hall–Kier alpha value is -2.57. The number of nitrogens with zero attached hydrogens (tertiary/aromatic N) is 2. The molecule has 1 atom stereocenters. The monoisotopic (exact) mass is 363 g/mol. The van der Waals surface area contributed by atoms with Gasteiger partial charge in [0.15, 0.2) is 0 Å². The summed E-state index contributed by atoms with van der Waals surface area (Å²) in [5.41, 5.74) is 0.137. The number of hydrogen-bond acceptors (Lipinski definition) is 3. The first-order valence-electron chi connectivity index (χ1n) is 8.49. The molecule has 0 spiro atoms. The van der Waals surface area contributed by atoms with Crippen LogP contribution in [0.15, 0.2) is 42.6 Å². The molecule has 138 valence electrons. The Labute approximate surface area is 150 Å². The number of anilines is 1. The van der Waals surface area contributed by atoms with Crippen LogP contribution in [0.25, 0.3) is 0 Å². The van der Waals surface area contributed by atoms with E-state index >= 15 is 0 Å². The van der Waals surface area contributed by atoms with Gasteiger partial charge in [-0.15, -0.1) is 0 Å². The Balaban J connectivity index is 1.83. The van der Waals surface area contributed by atoms with Crippen molar-refractivity contribution in [3.63, 3.8) is 0 Å². The standard InChI is InChI=1S/C19H20F3N3O/c1-23-17-11-13(8-9-24-17)18(26)25-10-4-5-14(12-25)15-6-2-3-7-16(15)19(20,21)22/h2-3,6-9,11,14H,4-5,10,12H2,1H3,(H,23,24). The number of alkyl halides is 3. The Bertz CT molecular complexity index is 792. The summed E-state index contributed by atoms with van der Waals surface area (Å²) in [6, 6.07) is 8.92. The molecule has 1 N–H and O–H groups in total. The van der Waals surface area contributed by atoms with E-state index in [9.17, 15) is 18.0 Å². The van der Waals surface area contributed by atoms with Gasteiger partial charge in [0.05, 0.1) is 5.56 Å². The molecule has 1 unspecified atom stereocenters. The molecule has 26 heavy (non-hydrogen) atoms. The first kappa shape index (κ1) is 18.2. The summed E-state index contributed by atoms with van der Waals surface area (Å²) in [5, 5.41) is 2.88. The Morgan fingerprint density at radius 2 is 2.04 bits per heavy atom. The zero-order chi connectivity index (χ0) is 18.7. The second-order valence-corrected chi connectivity index (χ2v) is 6.36. The largest absolute Gasteiger partial charge is 0.416 e. The lowest BCUT2D eigenvalue weighted by Gasteiger charge is -2.34. The highest BCUT2D eigenvalue weighted by molar-refractivity contribution is 5.95. The maximum atomic E-state index is 13.3. The molecule has 1 amide bonds. The number of halogens is 3. The van der Waals surface area contributed by atoms with Crippen LogP contribution in [0.2, 0.25) is 0 Å². The lowest BCUT2D eigenvalue weighted by atomic mass is 9.87. The topological polar surface area (TPSA) is 45.2 Å². The molecular formula is C19H20F3N3O. The molecule has 7 heteroatoms. The van der Waals surface area contributed by atoms with E-state index in [-0.39, 0.29) is 23.9 Å². The first-order chi connectivity index (χ1) is 12.4. The number of pyridine rings is 1. The summed E-state index contributed by atoms with van der Waals surface area (Å²) in [4.78, 5) is 18.5. The highest BCUT2D eigenvalue weighted by atomic mass is 19.4. The van der Waals surface area contributed by atoms with Crippen molar-refractivity contribution >= 4 is 11.7 Å². The van der Waals surface area contributed by atoms with Crippen LogP contribution in [-0.2, 0) is 6.18 Å². The van der Waals surface area contributed by atoms with Gasteiger partial charge >= 0.3 is 6.18 Å². The normalized spacial score (nSPS) is 17.8. The SMILES string of the molecule is CNc1cc(C(=O)N2CCCC(c3ccccc3C(F)(F)F)C2)ccn1. The van der Waals surface area contributed by atoms with Gasteiger partial charge in [0.1, 0.15) is 5.82 Å². The number of hydrogen-bond donors (Lipinski definition) is 1. The van der Waals surface area contributed by atoms with Crippen molar-refractivity contribution in [3.8, 4) is 0 Å². The van der Waals surface area contributed by atoms with Crippen LogP contribution in [0.4, 0.5) is 19.0 Å². The zero-order valence-corrected chi connectivity index (χ0v) is 14.4. The van der Waals surface area contributed by atoms with Crippen molar-refractivity contribution in [3.05, 3.63) is 59.3 Å². The molecule has 4 nitrogen and oxygen atoms in total. The second kappa shape index (κ2) is 7.35. The van der Waals surface area contributed by atoms with Crippen molar-refractivity contribution in [1.29, 1.82) is 0 Å². The van der Waals surface area contributed by atoms with E-state index in [0.717, 1.165) is 6.07 Å². The number of nitrogens with one attached hydrogen (secondary N) is 1. The van der Waals surface area contributed by atoms with Gasteiger partial charge in [-0.2, -0.15) is 13.2 Å². The van der Waals surface area contributed by atoms with Crippen LogP contribution in [0.1, 0.15) is 40.2 Å². The van der Waals surface area contributed by atoms with Gasteiger partial charge < -0.3 is 10.2 Å². The van der Waals surface area contributed by atoms with Gasteiger partial charge in [0.2, 0.25) is 0 Å². The third-order valence-electron chi connectivity index (χ3n) is 4.68. The summed E-state index contributed by atoms with van der Waals surface area (Å²) in [5.74, 6) is 0.0704. The second-order valence-electron chi connectivity index (χ2n) is 6.36. The number of carbonyl (C=O) groups is 1. The predicted molar refractivity (Wildman–Crippen MR) is 93.1 cm³/mol. The van der Waals surface area contributed by atoms with Gasteiger partial charge in [0, 0.05) is 37.8 Å². The average molecular weight is 363 g/mol. The van der Waals surface area contributed by atoms with E-state index in [1.54, 1.807) is 36.3 Å². The molecule has 2 heterocycles. The van der Waals surface area contributed by atoms with Crippen LogP contribution in [-0.4, -0.2) is 35.9 Å². The highest BCUT2D eigenvalue weighted by Crippen LogP contribution is 2.38. The van der Waals surface area contributed by atoms with Crippen LogP contribution < -0.4 is 5.32 Å². The molecule has 0 saturated carbocycles. The van der Waals surface area contributed by atoms with Crippen molar-refractivity contribution in [2.45, 2.75) is 24.9 Å². The molecular weight excluding hydrogens is 343 g/mol. The lowest BCUT2D eigenvalue weighted by Crippen LogP contribution is -2.39. The number of carbonyl (C=O) groups excluding carboxylic acids is 1. The maximum absolute atomic E-state index is 13.3. The van der Waals surface area contributed by atoms with E-state index in [4.69, 9.17) is 0 Å². The average Bonchev–Trinajstić information content (AvgIpc) is 2.67. The fraction of sp³-hybridized carbons (Fsp3) is 0.368. The summed E-state index contributed by atoms with van der Waals surface area (Å²) in [6.07, 6.45) is -1.54. The molecule has 1 aliphatic heterocycles. The van der Waals surface area contributed by atoms with Crippen molar-refractivity contribution in [2.24, 2.45) is 0 Å². The van der Waals surface area contributed by atoms with Gasteiger partial charge in [-0.05, 0) is 36.6 Å². The van der Waals surface area contributed by atoms with E-state index in [2.05, 4.69) is 10.3 Å². The van der Waals surface area contributed by atoms with Crippen molar-refractivity contribution in [1.82, 2.24) is 9.88 Å². The number of rotatable bonds is 3. The van der Waals surface area contributed by atoms with E-state index in [1.165, 1.54) is 12.1 Å². The highest BCUT2D eigenvalue weighted by Gasteiger charge is 2.36. The predicted octanol–water partition coefficient (Wildman–Crippen LogP) is 4.16. The van der Waals surface area contributed by atoms with E-state index in [0.29, 0.717) is 30.8 Å². The number of likely N-dealkylation sites (tertiary alicyclic amines) is 1. The van der Waals surface area contributed by atoms with Gasteiger partial charge in [-0.1, -0.05) is 18.2 Å². The molecule has 0 radical (unpaired) electrons. The molecule has 1 fully saturated rings. The Kier molecular flexibility index (Phi) is 5.15. The minimum atomic E-state index is -4.39. The molecule has 1 aliphatic rings. The zero-order valence-electron chi connectivity index (χ0n) is 14.4. The molecule has 1 aromatic carbocycles. The van der Waals surface area contributed by atoms with Crippen molar-refractivity contribution < 1.29 is 18.0 Å². The fourth-order valence-electron chi connectivity index (χ4n) is 3.41. The van der Waals surface area contributed by atoms with E-state index < -0.39 is 11.7 Å². The summed E-state index contributed by atoms with van der Waals surface area (Å²) in [7, 11) is 1.71. The summed E-state index contributed by atoms with van der Waals surface area (Å²) in [6.45, 7) is 0.823. The molecule has 1 saturated heterocycles. The fourth-order valence-corrected chi connectivity index (χ4v) is 3.41. The number of piperidine rings is 1. The molecule has 0 bridgehead atoms. The van der Waals surface area contributed by atoms with E-state index in [1.807, 2.05) is 0 Å². The minimum absolute atomic E-state index is 0.182. The smallest absolute Gasteiger partial charge is 0.373 e. The first-order valence-corrected chi connectivity index (χ1v) is 8.49. The third-order valence-corrected chi connectivity index (χ3v) is 4.68. The minimum Gasteiger partial charge on any atom is -0.373 e. The van der Waals surface area contributed by atoms with Crippen molar-refractivity contribution in [2.75, 3.05) is 25.5 Å².